The Kier molecular flexibility index (Phi) is 4.93. The van der Waals surface area contributed by atoms with Gasteiger partial charge in [-0.2, -0.15) is 11.8 Å². The molecule has 1 saturated carbocycles. The fraction of sp³-hybridized carbons (Fsp3) is 0.600. The summed E-state index contributed by atoms with van der Waals surface area (Å²) >= 11 is 2.06. The predicted octanol–water partition coefficient (Wildman–Crippen LogP) is 3.92. The first-order valence-corrected chi connectivity index (χ1v) is 7.72. The van der Waals surface area contributed by atoms with Crippen LogP contribution in [0.2, 0.25) is 0 Å². The summed E-state index contributed by atoms with van der Waals surface area (Å²) in [5.74, 6) is 2.23. The second-order valence-electron chi connectivity index (χ2n) is 5.12. The zero-order valence-electron chi connectivity index (χ0n) is 10.7. The first kappa shape index (κ1) is 13.0. The fourth-order valence-electron chi connectivity index (χ4n) is 2.60. The van der Waals surface area contributed by atoms with Crippen LogP contribution in [-0.4, -0.2) is 12.3 Å². The fourth-order valence-corrected chi connectivity index (χ4v) is 3.91. The molecule has 1 aliphatic carbocycles. The summed E-state index contributed by atoms with van der Waals surface area (Å²) in [4.78, 5) is 0. The average Bonchev–Trinajstić information content (AvgIpc) is 2.83. The molecule has 0 spiro atoms. The highest BCUT2D eigenvalue weighted by molar-refractivity contribution is 7.99. The van der Waals surface area contributed by atoms with E-state index in [1.165, 1.54) is 42.6 Å². The molecule has 1 aromatic rings. The van der Waals surface area contributed by atoms with Gasteiger partial charge in [0.1, 0.15) is 0 Å². The maximum atomic E-state index is 5.92. The zero-order valence-corrected chi connectivity index (χ0v) is 11.5. The van der Waals surface area contributed by atoms with Gasteiger partial charge in [-0.1, -0.05) is 42.7 Å². The zero-order chi connectivity index (χ0) is 12.1. The second-order valence-corrected chi connectivity index (χ2v) is 6.36. The number of benzene rings is 1. The minimum absolute atomic E-state index is 0.482. The molecule has 1 unspecified atom stereocenters. The van der Waals surface area contributed by atoms with Crippen LogP contribution in [-0.2, 0) is 0 Å². The molecule has 1 aromatic carbocycles. The lowest BCUT2D eigenvalue weighted by molar-refractivity contribution is 0.621. The number of thioether (sulfide) groups is 1. The number of hydrogen-bond acceptors (Lipinski definition) is 2. The van der Waals surface area contributed by atoms with Crippen molar-refractivity contribution in [3.63, 3.8) is 0 Å². The smallest absolute Gasteiger partial charge is 0.0419 e. The molecule has 2 heteroatoms. The first-order valence-electron chi connectivity index (χ1n) is 6.68. The lowest BCUT2D eigenvalue weighted by Gasteiger charge is -2.17. The minimum atomic E-state index is 0.482. The summed E-state index contributed by atoms with van der Waals surface area (Å²) < 4.78 is 0. The topological polar surface area (TPSA) is 26.0 Å². The Morgan fingerprint density at radius 1 is 1.35 bits per heavy atom. The standard InChI is InChI=1S/C15H23NS/c1-12-5-4-8-14(9-12)15(10-16)17-11-13-6-2-3-7-13/h4-5,8-9,13,15H,2-3,6-7,10-11,16H2,1H3. The Labute approximate surface area is 109 Å². The largest absolute Gasteiger partial charge is 0.329 e. The molecule has 0 aliphatic heterocycles. The van der Waals surface area contributed by atoms with Crippen LogP contribution in [0.1, 0.15) is 42.1 Å². The number of nitrogens with two attached hydrogens (primary N) is 1. The van der Waals surface area contributed by atoms with Gasteiger partial charge >= 0.3 is 0 Å². The molecule has 2 rings (SSSR count). The Morgan fingerprint density at radius 3 is 2.76 bits per heavy atom. The Morgan fingerprint density at radius 2 is 2.12 bits per heavy atom. The van der Waals surface area contributed by atoms with Crippen molar-refractivity contribution in [2.24, 2.45) is 11.7 Å². The first-order chi connectivity index (χ1) is 8.29. The molecule has 0 saturated heterocycles. The van der Waals surface area contributed by atoms with Crippen molar-refractivity contribution in [2.75, 3.05) is 12.3 Å². The van der Waals surface area contributed by atoms with E-state index in [-0.39, 0.29) is 0 Å². The highest BCUT2D eigenvalue weighted by Gasteiger charge is 2.18. The summed E-state index contributed by atoms with van der Waals surface area (Å²) in [6.45, 7) is 2.90. The van der Waals surface area contributed by atoms with Crippen molar-refractivity contribution in [3.8, 4) is 0 Å². The van der Waals surface area contributed by atoms with Gasteiger partial charge in [0.05, 0.1) is 0 Å². The van der Waals surface area contributed by atoms with Gasteiger partial charge in [0.15, 0.2) is 0 Å². The molecular formula is C15H23NS. The summed E-state index contributed by atoms with van der Waals surface area (Å²) in [6.07, 6.45) is 5.72. The van der Waals surface area contributed by atoms with Crippen molar-refractivity contribution in [1.82, 2.24) is 0 Å². The molecule has 1 atom stereocenters. The van der Waals surface area contributed by atoms with Crippen LogP contribution in [0.15, 0.2) is 24.3 Å². The van der Waals surface area contributed by atoms with Crippen LogP contribution in [0, 0.1) is 12.8 Å². The van der Waals surface area contributed by atoms with Crippen molar-refractivity contribution in [2.45, 2.75) is 37.9 Å². The van der Waals surface area contributed by atoms with E-state index in [0.29, 0.717) is 5.25 Å². The Balaban J connectivity index is 1.91. The van der Waals surface area contributed by atoms with Gasteiger partial charge in [-0.15, -0.1) is 0 Å². The van der Waals surface area contributed by atoms with E-state index >= 15 is 0 Å². The molecule has 0 amide bonds. The van der Waals surface area contributed by atoms with Gasteiger partial charge in [-0.3, -0.25) is 0 Å². The van der Waals surface area contributed by atoms with Gasteiger partial charge in [-0.05, 0) is 37.0 Å². The number of aryl methyl sites for hydroxylation is 1. The van der Waals surface area contributed by atoms with Crippen LogP contribution < -0.4 is 5.73 Å². The monoisotopic (exact) mass is 249 g/mol. The molecule has 0 heterocycles. The lowest BCUT2D eigenvalue weighted by atomic mass is 10.1. The Hall–Kier alpha value is -0.470. The molecule has 2 N–H and O–H groups in total. The molecule has 0 radical (unpaired) electrons. The third kappa shape index (κ3) is 3.75. The van der Waals surface area contributed by atoms with E-state index in [9.17, 15) is 0 Å². The van der Waals surface area contributed by atoms with E-state index in [1.807, 2.05) is 0 Å². The van der Waals surface area contributed by atoms with Crippen molar-refractivity contribution >= 4 is 11.8 Å². The molecule has 0 bridgehead atoms. The van der Waals surface area contributed by atoms with E-state index in [2.05, 4.69) is 43.0 Å². The van der Waals surface area contributed by atoms with Crippen molar-refractivity contribution < 1.29 is 0 Å². The number of hydrogen-bond donors (Lipinski definition) is 1. The van der Waals surface area contributed by atoms with Crippen LogP contribution in [0.3, 0.4) is 0 Å². The molecule has 17 heavy (non-hydrogen) atoms. The summed E-state index contributed by atoms with van der Waals surface area (Å²) in [7, 11) is 0. The van der Waals surface area contributed by atoms with Gasteiger partial charge in [0.25, 0.3) is 0 Å². The SMILES string of the molecule is Cc1cccc(C(CN)SCC2CCCC2)c1. The maximum Gasteiger partial charge on any atom is 0.0419 e. The van der Waals surface area contributed by atoms with Gasteiger partial charge < -0.3 is 5.73 Å². The summed E-state index contributed by atoms with van der Waals surface area (Å²) in [6, 6.07) is 8.79. The van der Waals surface area contributed by atoms with Gasteiger partial charge in [0, 0.05) is 11.8 Å². The maximum absolute atomic E-state index is 5.92. The molecule has 1 fully saturated rings. The lowest BCUT2D eigenvalue weighted by Crippen LogP contribution is -2.11. The quantitative estimate of drug-likeness (QED) is 0.856. The van der Waals surface area contributed by atoms with Crippen LogP contribution >= 0.6 is 11.8 Å². The van der Waals surface area contributed by atoms with Crippen LogP contribution in [0.5, 0.6) is 0 Å². The van der Waals surface area contributed by atoms with Crippen LogP contribution in [0.25, 0.3) is 0 Å². The van der Waals surface area contributed by atoms with E-state index in [4.69, 9.17) is 5.73 Å². The summed E-state index contributed by atoms with van der Waals surface area (Å²) in [5, 5.41) is 0.482. The normalized spacial score (nSPS) is 18.5. The molecule has 94 valence electrons. The van der Waals surface area contributed by atoms with E-state index < -0.39 is 0 Å². The highest BCUT2D eigenvalue weighted by Crippen LogP contribution is 2.34. The molecular weight excluding hydrogens is 226 g/mol. The van der Waals surface area contributed by atoms with Crippen LogP contribution in [0.4, 0.5) is 0 Å². The molecule has 1 aliphatic rings. The van der Waals surface area contributed by atoms with Crippen molar-refractivity contribution in [3.05, 3.63) is 35.4 Å². The van der Waals surface area contributed by atoms with E-state index in [0.717, 1.165) is 12.5 Å². The minimum Gasteiger partial charge on any atom is -0.329 e. The average molecular weight is 249 g/mol. The van der Waals surface area contributed by atoms with E-state index in [1.54, 1.807) is 0 Å². The predicted molar refractivity (Wildman–Crippen MR) is 77.4 cm³/mol. The molecule has 1 nitrogen and oxygen atoms in total. The molecule has 0 aromatic heterocycles. The highest BCUT2D eigenvalue weighted by atomic mass is 32.2. The summed E-state index contributed by atoms with van der Waals surface area (Å²) in [5.41, 5.74) is 8.65. The number of rotatable bonds is 5. The Bertz CT molecular complexity index is 345. The third-order valence-electron chi connectivity index (χ3n) is 3.64. The second kappa shape index (κ2) is 6.46. The third-order valence-corrected chi connectivity index (χ3v) is 5.17. The van der Waals surface area contributed by atoms with Gasteiger partial charge in [-0.25, -0.2) is 0 Å². The van der Waals surface area contributed by atoms with Crippen molar-refractivity contribution in [1.29, 1.82) is 0 Å². The van der Waals surface area contributed by atoms with Gasteiger partial charge in [0.2, 0.25) is 0 Å².